The summed E-state index contributed by atoms with van der Waals surface area (Å²) in [6, 6.07) is 0. The molecule has 54 valence electrons. The second-order valence-electron chi connectivity index (χ2n) is 2.32. The predicted molar refractivity (Wildman–Crippen MR) is 37.2 cm³/mol. The van der Waals surface area contributed by atoms with Crippen molar-refractivity contribution >= 4 is 5.78 Å². The van der Waals surface area contributed by atoms with E-state index in [1.54, 1.807) is 0 Å². The number of nitrogens with zero attached hydrogens (tertiary/aromatic N) is 1. The summed E-state index contributed by atoms with van der Waals surface area (Å²) in [5.41, 5.74) is 5.17. The van der Waals surface area contributed by atoms with Crippen LogP contribution < -0.4 is 5.73 Å². The fourth-order valence-electron chi connectivity index (χ4n) is 0.593. The summed E-state index contributed by atoms with van der Waals surface area (Å²) < 4.78 is 0. The van der Waals surface area contributed by atoms with Crippen LogP contribution >= 0.6 is 0 Å². The third-order valence-electron chi connectivity index (χ3n) is 0.916. The zero-order chi connectivity index (χ0) is 7.28. The number of carbonyl (C=O) groups is 1. The van der Waals surface area contributed by atoms with Crippen LogP contribution in [0.2, 0.25) is 0 Å². The van der Waals surface area contributed by atoms with Crippen molar-refractivity contribution < 1.29 is 4.79 Å². The van der Waals surface area contributed by atoms with E-state index in [0.29, 0.717) is 19.5 Å². The van der Waals surface area contributed by atoms with Gasteiger partial charge in [-0.25, -0.2) is 0 Å². The summed E-state index contributed by atoms with van der Waals surface area (Å²) in [5, 5.41) is 0. The zero-order valence-electron chi connectivity index (χ0n) is 6.05. The van der Waals surface area contributed by atoms with Crippen molar-refractivity contribution in [3.63, 3.8) is 0 Å². The smallest absolute Gasteiger partial charge is 0.148 e. The quantitative estimate of drug-likeness (QED) is 0.556. The number of ketones is 1. The molecule has 0 atom stereocenters. The summed E-state index contributed by atoms with van der Waals surface area (Å²) in [7, 11) is 3.74. The first kappa shape index (κ1) is 8.59. The Hall–Kier alpha value is -0.410. The molecule has 3 heteroatoms. The van der Waals surface area contributed by atoms with Crippen LogP contribution in [0, 0.1) is 0 Å². The lowest BCUT2D eigenvalue weighted by atomic mass is 10.3. The molecule has 0 unspecified atom stereocenters. The van der Waals surface area contributed by atoms with Gasteiger partial charge < -0.3 is 10.6 Å². The van der Waals surface area contributed by atoms with E-state index in [2.05, 4.69) is 0 Å². The Labute approximate surface area is 55.8 Å². The molecule has 0 aromatic rings. The summed E-state index contributed by atoms with van der Waals surface area (Å²) in [5.74, 6) is 0.211. The first-order valence-corrected chi connectivity index (χ1v) is 3.03. The van der Waals surface area contributed by atoms with E-state index in [9.17, 15) is 4.79 Å². The highest BCUT2D eigenvalue weighted by molar-refractivity contribution is 5.80. The minimum Gasteiger partial charge on any atom is -0.330 e. The summed E-state index contributed by atoms with van der Waals surface area (Å²) >= 11 is 0. The molecule has 3 nitrogen and oxygen atoms in total. The van der Waals surface area contributed by atoms with Gasteiger partial charge in [-0.3, -0.25) is 4.79 Å². The Morgan fingerprint density at radius 3 is 2.44 bits per heavy atom. The monoisotopic (exact) mass is 130 g/mol. The molecule has 0 aliphatic rings. The topological polar surface area (TPSA) is 46.3 Å². The third kappa shape index (κ3) is 5.46. The molecular weight excluding hydrogens is 116 g/mol. The average molecular weight is 130 g/mol. The van der Waals surface area contributed by atoms with Crippen molar-refractivity contribution in [3.8, 4) is 0 Å². The fraction of sp³-hybridized carbons (Fsp3) is 0.833. The Bertz CT molecular complexity index is 91.1. The summed E-state index contributed by atoms with van der Waals surface area (Å²) in [4.78, 5) is 12.6. The number of rotatable bonds is 4. The molecule has 0 spiro atoms. The van der Waals surface area contributed by atoms with E-state index < -0.39 is 0 Å². The van der Waals surface area contributed by atoms with Crippen LogP contribution in [-0.4, -0.2) is 37.9 Å². The van der Waals surface area contributed by atoms with Gasteiger partial charge in [-0.2, -0.15) is 0 Å². The van der Waals surface area contributed by atoms with E-state index in [1.165, 1.54) is 0 Å². The number of hydrogen-bond donors (Lipinski definition) is 1. The highest BCUT2D eigenvalue weighted by Gasteiger charge is 1.99. The van der Waals surface area contributed by atoms with Crippen molar-refractivity contribution in [1.82, 2.24) is 4.90 Å². The largest absolute Gasteiger partial charge is 0.330 e. The van der Waals surface area contributed by atoms with Crippen molar-refractivity contribution in [3.05, 3.63) is 0 Å². The van der Waals surface area contributed by atoms with Crippen LogP contribution in [-0.2, 0) is 4.79 Å². The van der Waals surface area contributed by atoms with Gasteiger partial charge in [-0.05, 0) is 20.6 Å². The van der Waals surface area contributed by atoms with Gasteiger partial charge >= 0.3 is 0 Å². The lowest BCUT2D eigenvalue weighted by molar-refractivity contribution is -0.119. The second-order valence-corrected chi connectivity index (χ2v) is 2.32. The molecule has 0 saturated heterocycles. The van der Waals surface area contributed by atoms with Gasteiger partial charge in [0.25, 0.3) is 0 Å². The number of carbonyl (C=O) groups excluding carboxylic acids is 1. The number of likely N-dealkylation sites (N-methyl/N-ethyl adjacent to an activating group) is 1. The highest BCUT2D eigenvalue weighted by atomic mass is 16.1. The molecule has 0 radical (unpaired) electrons. The molecule has 0 aromatic carbocycles. The van der Waals surface area contributed by atoms with Crippen molar-refractivity contribution in [2.24, 2.45) is 5.73 Å². The van der Waals surface area contributed by atoms with E-state index >= 15 is 0 Å². The molecule has 9 heavy (non-hydrogen) atoms. The number of nitrogens with two attached hydrogens (primary N) is 1. The lowest BCUT2D eigenvalue weighted by Crippen LogP contribution is -2.23. The first-order valence-electron chi connectivity index (χ1n) is 3.03. The normalized spacial score (nSPS) is 10.2. The Kier molecular flexibility index (Phi) is 4.26. The van der Waals surface area contributed by atoms with Gasteiger partial charge in [-0.15, -0.1) is 0 Å². The maximum atomic E-state index is 10.7. The Morgan fingerprint density at radius 2 is 2.11 bits per heavy atom. The van der Waals surface area contributed by atoms with Gasteiger partial charge in [-0.1, -0.05) is 0 Å². The fourth-order valence-corrected chi connectivity index (χ4v) is 0.593. The molecule has 2 N–H and O–H groups in total. The number of Topliss-reactive ketones (excluding diaryl/α,β-unsaturated/α-hetero) is 1. The Balaban J connectivity index is 3.27. The molecule has 0 heterocycles. The molecule has 0 bridgehead atoms. The second kappa shape index (κ2) is 4.47. The summed E-state index contributed by atoms with van der Waals surface area (Å²) in [6.45, 7) is 0.976. The van der Waals surface area contributed by atoms with Gasteiger partial charge in [0.1, 0.15) is 5.78 Å². The third-order valence-corrected chi connectivity index (χ3v) is 0.916. The molecule has 0 aliphatic carbocycles. The average Bonchev–Trinajstić information content (AvgIpc) is 1.63. The highest BCUT2D eigenvalue weighted by Crippen LogP contribution is 1.81. The molecule has 0 saturated carbocycles. The molecule has 0 fully saturated rings. The summed E-state index contributed by atoms with van der Waals surface area (Å²) in [6.07, 6.45) is 0.498. The molecule has 0 amide bonds. The van der Waals surface area contributed by atoms with E-state index in [1.807, 2.05) is 19.0 Å². The Morgan fingerprint density at radius 1 is 1.56 bits per heavy atom. The van der Waals surface area contributed by atoms with Gasteiger partial charge in [0.2, 0.25) is 0 Å². The van der Waals surface area contributed by atoms with Crippen LogP contribution in [0.1, 0.15) is 6.42 Å². The van der Waals surface area contributed by atoms with Crippen LogP contribution in [0.4, 0.5) is 0 Å². The maximum absolute atomic E-state index is 10.7. The van der Waals surface area contributed by atoms with E-state index in [0.717, 1.165) is 0 Å². The minimum atomic E-state index is 0.211. The van der Waals surface area contributed by atoms with Crippen molar-refractivity contribution in [2.45, 2.75) is 6.42 Å². The molecular formula is C6H14N2O. The van der Waals surface area contributed by atoms with Crippen LogP contribution in [0.5, 0.6) is 0 Å². The molecule has 0 rings (SSSR count). The standard InChI is InChI=1S/C6H14N2O/c1-8(2)5-6(9)3-4-7/h3-5,7H2,1-2H3. The zero-order valence-corrected chi connectivity index (χ0v) is 6.05. The molecule has 0 aliphatic heterocycles. The number of hydrogen-bond acceptors (Lipinski definition) is 3. The van der Waals surface area contributed by atoms with E-state index in [-0.39, 0.29) is 5.78 Å². The van der Waals surface area contributed by atoms with Crippen LogP contribution in [0.25, 0.3) is 0 Å². The predicted octanol–water partition coefficient (Wildman–Crippen LogP) is -0.534. The minimum absolute atomic E-state index is 0.211. The first-order chi connectivity index (χ1) is 4.16. The maximum Gasteiger partial charge on any atom is 0.148 e. The van der Waals surface area contributed by atoms with E-state index in [4.69, 9.17) is 5.73 Å². The van der Waals surface area contributed by atoms with Crippen molar-refractivity contribution in [1.29, 1.82) is 0 Å². The SMILES string of the molecule is CN(C)CC(=O)CCN. The van der Waals surface area contributed by atoms with Gasteiger partial charge in [0.15, 0.2) is 0 Å². The van der Waals surface area contributed by atoms with Crippen molar-refractivity contribution in [2.75, 3.05) is 27.2 Å². The van der Waals surface area contributed by atoms with Crippen LogP contribution in [0.3, 0.4) is 0 Å². The lowest BCUT2D eigenvalue weighted by Gasteiger charge is -2.06. The molecule has 0 aromatic heterocycles. The van der Waals surface area contributed by atoms with Crippen LogP contribution in [0.15, 0.2) is 0 Å². The van der Waals surface area contributed by atoms with Gasteiger partial charge in [0.05, 0.1) is 6.54 Å². The van der Waals surface area contributed by atoms with Gasteiger partial charge in [0, 0.05) is 6.42 Å².